The Balaban J connectivity index is 2.38. The summed E-state index contributed by atoms with van der Waals surface area (Å²) in [5.41, 5.74) is 0.294. The molecule has 100 valence electrons. The van der Waals surface area contributed by atoms with Gasteiger partial charge in [-0.05, 0) is 37.0 Å². The van der Waals surface area contributed by atoms with E-state index < -0.39 is 11.7 Å². The Kier molecular flexibility index (Phi) is 5.38. The number of aryl methyl sites for hydroxylation is 1. The van der Waals surface area contributed by atoms with Crippen LogP contribution in [0, 0.1) is 5.92 Å². The van der Waals surface area contributed by atoms with Gasteiger partial charge in [0.2, 0.25) is 0 Å². The van der Waals surface area contributed by atoms with Gasteiger partial charge in [-0.1, -0.05) is 25.5 Å². The van der Waals surface area contributed by atoms with Gasteiger partial charge in [-0.25, -0.2) is 0 Å². The molecule has 4 heteroatoms. The average molecular weight is 258 g/mol. The van der Waals surface area contributed by atoms with Crippen LogP contribution in [0.2, 0.25) is 0 Å². The highest BCUT2D eigenvalue weighted by atomic mass is 19.4. The van der Waals surface area contributed by atoms with Gasteiger partial charge in [-0.3, -0.25) is 0 Å². The van der Waals surface area contributed by atoms with Crippen LogP contribution < -0.4 is 0 Å². The Morgan fingerprint density at radius 2 is 1.78 bits per heavy atom. The summed E-state index contributed by atoms with van der Waals surface area (Å²) >= 11 is 0. The molecule has 1 aromatic carbocycles. The first kappa shape index (κ1) is 14.7. The molecule has 0 spiro atoms. The van der Waals surface area contributed by atoms with Crippen LogP contribution in [0.4, 0.5) is 13.2 Å². The van der Waals surface area contributed by atoms with Crippen LogP contribution in [0.15, 0.2) is 24.3 Å². The molecule has 0 aliphatic rings. The lowest BCUT2D eigenvalue weighted by Crippen LogP contribution is -2.04. The van der Waals surface area contributed by atoms with E-state index in [1.165, 1.54) is 12.1 Å². The molecule has 0 saturated heterocycles. The summed E-state index contributed by atoms with van der Waals surface area (Å²) in [6.45, 7) is 1.87. The molecule has 0 radical (unpaired) electrons. The molecule has 0 aromatic heterocycles. The maximum absolute atomic E-state index is 12.3. The van der Waals surface area contributed by atoms with Gasteiger partial charge in [-0.2, -0.15) is 13.2 Å². The molecule has 1 nitrogen and oxygen atoms in total. The fourth-order valence-corrected chi connectivity index (χ4v) is 1.72. The molecule has 0 saturated carbocycles. The third kappa shape index (κ3) is 4.90. The number of hydrogen-bond acceptors (Lipinski definition) is 1. The minimum Gasteiger partial charge on any atom is -0.303 e. The van der Waals surface area contributed by atoms with Crippen LogP contribution in [0.1, 0.15) is 37.3 Å². The van der Waals surface area contributed by atoms with Crippen molar-refractivity contribution in [3.8, 4) is 0 Å². The lowest BCUT2D eigenvalue weighted by Gasteiger charge is -2.08. The molecule has 0 bridgehead atoms. The molecule has 0 aliphatic carbocycles. The summed E-state index contributed by atoms with van der Waals surface area (Å²) in [7, 11) is 0. The number of carbonyl (C=O) groups is 1. The minimum absolute atomic E-state index is 0.0672. The highest BCUT2D eigenvalue weighted by molar-refractivity contribution is 5.52. The van der Waals surface area contributed by atoms with Crippen LogP contribution in [0.3, 0.4) is 0 Å². The van der Waals surface area contributed by atoms with Crippen LogP contribution >= 0.6 is 0 Å². The van der Waals surface area contributed by atoms with E-state index in [1.807, 2.05) is 6.92 Å². The van der Waals surface area contributed by atoms with E-state index >= 15 is 0 Å². The van der Waals surface area contributed by atoms with Gasteiger partial charge in [-0.15, -0.1) is 0 Å². The second kappa shape index (κ2) is 6.57. The number of unbranched alkanes of at least 4 members (excludes halogenated alkanes) is 1. The zero-order chi connectivity index (χ0) is 13.6. The lowest BCUT2D eigenvalue weighted by atomic mass is 10.0. The van der Waals surface area contributed by atoms with Crippen LogP contribution in [0.25, 0.3) is 0 Å². The molecule has 1 aromatic rings. The normalized spacial score (nSPS) is 13.3. The van der Waals surface area contributed by atoms with Gasteiger partial charge in [0.15, 0.2) is 0 Å². The SMILES string of the molecule is CC(C=O)CCCCc1ccc(C(F)(F)F)cc1. The van der Waals surface area contributed by atoms with Crippen molar-refractivity contribution in [2.75, 3.05) is 0 Å². The van der Waals surface area contributed by atoms with Gasteiger partial charge in [0.25, 0.3) is 0 Å². The van der Waals surface area contributed by atoms with Gasteiger partial charge in [0, 0.05) is 5.92 Å². The summed E-state index contributed by atoms with van der Waals surface area (Å²) in [6, 6.07) is 5.27. The largest absolute Gasteiger partial charge is 0.416 e. The third-order valence-electron chi connectivity index (χ3n) is 2.89. The average Bonchev–Trinajstić information content (AvgIpc) is 2.33. The fourth-order valence-electron chi connectivity index (χ4n) is 1.72. The topological polar surface area (TPSA) is 17.1 Å². The summed E-state index contributed by atoms with van der Waals surface area (Å²) in [5.74, 6) is 0.0672. The van der Waals surface area contributed by atoms with E-state index in [0.29, 0.717) is 0 Å². The number of rotatable bonds is 6. The van der Waals surface area contributed by atoms with Gasteiger partial charge >= 0.3 is 6.18 Å². The van der Waals surface area contributed by atoms with Crippen molar-refractivity contribution in [2.24, 2.45) is 5.92 Å². The minimum atomic E-state index is -4.27. The van der Waals surface area contributed by atoms with Gasteiger partial charge < -0.3 is 4.79 Å². The molecular weight excluding hydrogens is 241 g/mol. The molecule has 1 rings (SSSR count). The smallest absolute Gasteiger partial charge is 0.303 e. The first-order valence-corrected chi connectivity index (χ1v) is 6.05. The van der Waals surface area contributed by atoms with E-state index in [4.69, 9.17) is 0 Å². The molecule has 1 unspecified atom stereocenters. The molecule has 18 heavy (non-hydrogen) atoms. The molecule has 0 heterocycles. The van der Waals surface area contributed by atoms with E-state index in [1.54, 1.807) is 0 Å². The number of carbonyl (C=O) groups excluding carboxylic acids is 1. The Bertz CT molecular complexity index is 368. The van der Waals surface area contributed by atoms with Crippen molar-refractivity contribution in [1.29, 1.82) is 0 Å². The van der Waals surface area contributed by atoms with E-state index in [9.17, 15) is 18.0 Å². The van der Waals surface area contributed by atoms with Crippen molar-refractivity contribution in [3.63, 3.8) is 0 Å². The summed E-state index contributed by atoms with van der Waals surface area (Å²) in [4.78, 5) is 10.4. The standard InChI is InChI=1S/C14H17F3O/c1-11(10-18)4-2-3-5-12-6-8-13(9-7-12)14(15,16)17/h6-11H,2-5H2,1H3. The monoisotopic (exact) mass is 258 g/mol. The molecule has 0 N–H and O–H groups in total. The van der Waals surface area contributed by atoms with Crippen molar-refractivity contribution in [3.05, 3.63) is 35.4 Å². The highest BCUT2D eigenvalue weighted by Crippen LogP contribution is 2.29. The van der Waals surface area contributed by atoms with E-state index in [0.717, 1.165) is 49.7 Å². The maximum Gasteiger partial charge on any atom is 0.416 e. The Labute approximate surface area is 105 Å². The molecule has 1 atom stereocenters. The first-order chi connectivity index (χ1) is 8.43. The zero-order valence-corrected chi connectivity index (χ0v) is 10.3. The van der Waals surface area contributed by atoms with E-state index in [2.05, 4.69) is 0 Å². The first-order valence-electron chi connectivity index (χ1n) is 6.05. The predicted octanol–water partition coefficient (Wildman–Crippen LogP) is 4.25. The van der Waals surface area contributed by atoms with Crippen molar-refractivity contribution < 1.29 is 18.0 Å². The number of hydrogen-bond donors (Lipinski definition) is 0. The summed E-state index contributed by atoms with van der Waals surface area (Å²) < 4.78 is 37.0. The lowest BCUT2D eigenvalue weighted by molar-refractivity contribution is -0.137. The quantitative estimate of drug-likeness (QED) is 0.550. The third-order valence-corrected chi connectivity index (χ3v) is 2.89. The van der Waals surface area contributed by atoms with Crippen LogP contribution in [0.5, 0.6) is 0 Å². The predicted molar refractivity (Wildman–Crippen MR) is 64.2 cm³/mol. The highest BCUT2D eigenvalue weighted by Gasteiger charge is 2.29. The van der Waals surface area contributed by atoms with Gasteiger partial charge in [0.1, 0.15) is 6.29 Å². The molecular formula is C14H17F3O. The number of halogens is 3. The Morgan fingerprint density at radius 3 is 2.28 bits per heavy atom. The molecule has 0 fully saturated rings. The second-order valence-electron chi connectivity index (χ2n) is 4.55. The zero-order valence-electron chi connectivity index (χ0n) is 10.3. The van der Waals surface area contributed by atoms with E-state index in [-0.39, 0.29) is 5.92 Å². The Hall–Kier alpha value is -1.32. The maximum atomic E-state index is 12.3. The van der Waals surface area contributed by atoms with Crippen molar-refractivity contribution in [1.82, 2.24) is 0 Å². The Morgan fingerprint density at radius 1 is 1.17 bits per heavy atom. The number of aldehydes is 1. The summed E-state index contributed by atoms with van der Waals surface area (Å²) in [6.07, 6.45) is 0.0639. The van der Waals surface area contributed by atoms with Crippen molar-refractivity contribution in [2.45, 2.75) is 38.8 Å². The van der Waals surface area contributed by atoms with Crippen LogP contribution in [-0.4, -0.2) is 6.29 Å². The summed E-state index contributed by atoms with van der Waals surface area (Å²) in [5, 5.41) is 0. The number of alkyl halides is 3. The van der Waals surface area contributed by atoms with Crippen molar-refractivity contribution >= 4 is 6.29 Å². The molecule has 0 amide bonds. The number of benzene rings is 1. The fraction of sp³-hybridized carbons (Fsp3) is 0.500. The second-order valence-corrected chi connectivity index (χ2v) is 4.55. The van der Waals surface area contributed by atoms with Crippen LogP contribution in [-0.2, 0) is 17.4 Å². The van der Waals surface area contributed by atoms with Gasteiger partial charge in [0.05, 0.1) is 5.56 Å². The molecule has 0 aliphatic heterocycles.